The van der Waals surface area contributed by atoms with Gasteiger partial charge in [-0.3, -0.25) is 4.57 Å². The van der Waals surface area contributed by atoms with E-state index in [9.17, 15) is 9.90 Å². The lowest BCUT2D eigenvalue weighted by atomic mass is 10.1. The molecule has 1 aromatic heterocycles. The number of nitrogens with one attached hydrogen (secondary N) is 2. The van der Waals surface area contributed by atoms with Crippen LogP contribution < -0.4 is 11.0 Å². The number of fused-ring (bicyclic) bond motifs is 1. The van der Waals surface area contributed by atoms with Crippen LogP contribution in [-0.2, 0) is 6.54 Å². The zero-order valence-corrected chi connectivity index (χ0v) is 9.44. The maximum atomic E-state index is 11.9. The number of aromatic amines is 1. The molecule has 0 bridgehead atoms. The molecule has 3 N–H and O–H groups in total. The van der Waals surface area contributed by atoms with Gasteiger partial charge in [0.2, 0.25) is 0 Å². The largest absolute Gasteiger partial charge is 0.506 e. The summed E-state index contributed by atoms with van der Waals surface area (Å²) in [4.78, 5) is 14.6. The second-order valence-electron chi connectivity index (χ2n) is 4.57. The van der Waals surface area contributed by atoms with Crippen LogP contribution in [0.5, 0.6) is 5.75 Å². The maximum absolute atomic E-state index is 11.9. The topological polar surface area (TPSA) is 70.0 Å². The van der Waals surface area contributed by atoms with Gasteiger partial charge in [0.05, 0.1) is 5.52 Å². The Hall–Kier alpha value is -1.75. The minimum Gasteiger partial charge on any atom is -0.506 e. The molecule has 1 aromatic carbocycles. The zero-order valence-electron chi connectivity index (χ0n) is 9.44. The second-order valence-corrected chi connectivity index (χ2v) is 4.57. The van der Waals surface area contributed by atoms with Crippen molar-refractivity contribution in [2.45, 2.75) is 13.0 Å². The molecule has 0 spiro atoms. The molecule has 5 nitrogen and oxygen atoms in total. The van der Waals surface area contributed by atoms with E-state index in [4.69, 9.17) is 0 Å². The van der Waals surface area contributed by atoms with Crippen molar-refractivity contribution in [3.8, 4) is 5.75 Å². The zero-order chi connectivity index (χ0) is 11.8. The van der Waals surface area contributed by atoms with E-state index in [2.05, 4.69) is 10.3 Å². The molecule has 1 atom stereocenters. The first-order valence-electron chi connectivity index (χ1n) is 5.87. The molecule has 1 aliphatic rings. The highest BCUT2D eigenvalue weighted by atomic mass is 16.3. The van der Waals surface area contributed by atoms with Gasteiger partial charge in [0.1, 0.15) is 11.3 Å². The number of hydrogen-bond donors (Lipinski definition) is 3. The Morgan fingerprint density at radius 3 is 3.12 bits per heavy atom. The first-order chi connectivity index (χ1) is 8.25. The highest BCUT2D eigenvalue weighted by Gasteiger charge is 2.18. The number of imidazole rings is 1. The minimum atomic E-state index is -0.145. The summed E-state index contributed by atoms with van der Waals surface area (Å²) in [6.07, 6.45) is 1.08. The molecule has 1 saturated heterocycles. The second kappa shape index (κ2) is 3.92. The average molecular weight is 233 g/mol. The SMILES string of the molecule is O=c1[nH]c2cccc(O)c2n1CC1CCNC1. The minimum absolute atomic E-state index is 0.145. The van der Waals surface area contributed by atoms with Crippen molar-refractivity contribution in [3.05, 3.63) is 28.7 Å². The number of aromatic hydroxyl groups is 1. The van der Waals surface area contributed by atoms with Gasteiger partial charge in [0, 0.05) is 6.54 Å². The van der Waals surface area contributed by atoms with Crippen molar-refractivity contribution in [3.63, 3.8) is 0 Å². The van der Waals surface area contributed by atoms with Crippen LogP contribution in [0.4, 0.5) is 0 Å². The number of phenolic OH excluding ortho intramolecular Hbond substituents is 1. The number of rotatable bonds is 2. The Balaban J connectivity index is 2.08. The maximum Gasteiger partial charge on any atom is 0.326 e. The highest BCUT2D eigenvalue weighted by Crippen LogP contribution is 2.23. The normalized spacial score (nSPS) is 20.1. The molecule has 0 aliphatic carbocycles. The molecule has 0 radical (unpaired) electrons. The van der Waals surface area contributed by atoms with Crippen molar-refractivity contribution >= 4 is 11.0 Å². The van der Waals surface area contributed by atoms with Crippen LogP contribution in [0.2, 0.25) is 0 Å². The lowest BCUT2D eigenvalue weighted by Crippen LogP contribution is -2.22. The quantitative estimate of drug-likeness (QED) is 0.713. The molecule has 17 heavy (non-hydrogen) atoms. The van der Waals surface area contributed by atoms with E-state index in [1.54, 1.807) is 22.8 Å². The van der Waals surface area contributed by atoms with E-state index in [0.717, 1.165) is 19.5 Å². The number of H-pyrrole nitrogens is 1. The number of hydrogen-bond acceptors (Lipinski definition) is 3. The van der Waals surface area contributed by atoms with Crippen LogP contribution in [0, 0.1) is 5.92 Å². The predicted molar refractivity (Wildman–Crippen MR) is 65.2 cm³/mol. The van der Waals surface area contributed by atoms with Gasteiger partial charge in [-0.25, -0.2) is 4.79 Å². The fraction of sp³-hybridized carbons (Fsp3) is 0.417. The molecule has 3 rings (SSSR count). The van der Waals surface area contributed by atoms with Gasteiger partial charge in [-0.2, -0.15) is 0 Å². The Labute approximate surface area is 98.1 Å². The molecule has 2 heterocycles. The summed E-state index contributed by atoms with van der Waals surface area (Å²) in [5, 5.41) is 13.1. The number of phenols is 1. The van der Waals surface area contributed by atoms with Gasteiger partial charge in [0.15, 0.2) is 0 Å². The van der Waals surface area contributed by atoms with Crippen LogP contribution >= 0.6 is 0 Å². The molecule has 0 saturated carbocycles. The van der Waals surface area contributed by atoms with Crippen LogP contribution in [0.15, 0.2) is 23.0 Å². The average Bonchev–Trinajstić information content (AvgIpc) is 2.89. The van der Waals surface area contributed by atoms with E-state index in [1.807, 2.05) is 0 Å². The van der Waals surface area contributed by atoms with E-state index in [1.165, 1.54) is 0 Å². The Morgan fingerprint density at radius 2 is 2.35 bits per heavy atom. The summed E-state index contributed by atoms with van der Waals surface area (Å²) in [5.41, 5.74) is 1.17. The lowest BCUT2D eigenvalue weighted by Gasteiger charge is -2.09. The van der Waals surface area contributed by atoms with Gasteiger partial charge in [0.25, 0.3) is 0 Å². The molecule has 2 aromatic rings. The number of para-hydroxylation sites is 1. The summed E-state index contributed by atoms with van der Waals surface area (Å²) in [7, 11) is 0. The number of aromatic nitrogens is 2. The third-order valence-electron chi connectivity index (χ3n) is 3.37. The van der Waals surface area contributed by atoms with Crippen molar-refractivity contribution in [1.29, 1.82) is 0 Å². The summed E-state index contributed by atoms with van der Waals surface area (Å²) in [5.74, 6) is 0.623. The van der Waals surface area contributed by atoms with Crippen molar-refractivity contribution in [2.75, 3.05) is 13.1 Å². The molecular formula is C12H15N3O2. The van der Waals surface area contributed by atoms with Gasteiger partial charge in [-0.05, 0) is 37.6 Å². The van der Waals surface area contributed by atoms with Crippen LogP contribution in [-0.4, -0.2) is 27.7 Å². The monoisotopic (exact) mass is 233 g/mol. The highest BCUT2D eigenvalue weighted by molar-refractivity contribution is 5.81. The van der Waals surface area contributed by atoms with Gasteiger partial charge >= 0.3 is 5.69 Å². The summed E-state index contributed by atoms with van der Waals surface area (Å²) < 4.78 is 1.64. The standard InChI is InChI=1S/C12H15N3O2/c16-10-3-1-2-9-11(10)15(12(17)14-9)7-8-4-5-13-6-8/h1-3,8,13,16H,4-7H2,(H,14,17). The van der Waals surface area contributed by atoms with E-state index < -0.39 is 0 Å². The molecular weight excluding hydrogens is 218 g/mol. The molecule has 0 amide bonds. The third-order valence-corrected chi connectivity index (χ3v) is 3.37. The molecule has 90 valence electrons. The number of benzene rings is 1. The van der Waals surface area contributed by atoms with E-state index in [0.29, 0.717) is 23.5 Å². The third kappa shape index (κ3) is 1.72. The van der Waals surface area contributed by atoms with Gasteiger partial charge in [-0.15, -0.1) is 0 Å². The van der Waals surface area contributed by atoms with Crippen molar-refractivity contribution in [2.24, 2.45) is 5.92 Å². The molecule has 1 fully saturated rings. The van der Waals surface area contributed by atoms with Gasteiger partial charge in [-0.1, -0.05) is 6.07 Å². The Morgan fingerprint density at radius 1 is 1.47 bits per heavy atom. The molecule has 5 heteroatoms. The van der Waals surface area contributed by atoms with Crippen LogP contribution in [0.3, 0.4) is 0 Å². The summed E-state index contributed by atoms with van der Waals surface area (Å²) in [6.45, 7) is 2.60. The van der Waals surface area contributed by atoms with Crippen LogP contribution in [0.1, 0.15) is 6.42 Å². The Bertz CT molecular complexity index is 593. The van der Waals surface area contributed by atoms with Crippen molar-refractivity contribution in [1.82, 2.24) is 14.9 Å². The predicted octanol–water partition coefficient (Wildman–Crippen LogP) is 0.645. The first-order valence-corrected chi connectivity index (χ1v) is 5.87. The first kappa shape index (κ1) is 10.4. The van der Waals surface area contributed by atoms with Crippen molar-refractivity contribution < 1.29 is 5.11 Å². The summed E-state index contributed by atoms with van der Waals surface area (Å²) in [6, 6.07) is 5.15. The fourth-order valence-electron chi connectivity index (χ4n) is 2.50. The molecule has 1 unspecified atom stereocenters. The summed E-state index contributed by atoms with van der Waals surface area (Å²) >= 11 is 0. The fourth-order valence-corrected chi connectivity index (χ4v) is 2.50. The molecule has 1 aliphatic heterocycles. The van der Waals surface area contributed by atoms with E-state index >= 15 is 0 Å². The smallest absolute Gasteiger partial charge is 0.326 e. The number of nitrogens with zero attached hydrogens (tertiary/aromatic N) is 1. The van der Waals surface area contributed by atoms with Crippen LogP contribution in [0.25, 0.3) is 11.0 Å². The lowest BCUT2D eigenvalue weighted by molar-refractivity contribution is 0.459. The van der Waals surface area contributed by atoms with E-state index in [-0.39, 0.29) is 11.4 Å². The van der Waals surface area contributed by atoms with Gasteiger partial charge < -0.3 is 15.4 Å². The Kier molecular flexibility index (Phi) is 2.40.